The Labute approximate surface area is 127 Å². The molecule has 3 N–H and O–H groups in total. The average molecular weight is 303 g/mol. The third kappa shape index (κ3) is 4.08. The van der Waals surface area contributed by atoms with Crippen molar-refractivity contribution in [1.82, 2.24) is 5.32 Å². The summed E-state index contributed by atoms with van der Waals surface area (Å²) in [5.74, 6) is -0.822. The van der Waals surface area contributed by atoms with E-state index in [1.54, 1.807) is 38.1 Å². The number of ether oxygens (including phenoxy) is 2. The smallest absolute Gasteiger partial charge is 0.431 e. The molecule has 0 aromatic heterocycles. The van der Waals surface area contributed by atoms with Crippen LogP contribution in [0.25, 0.3) is 0 Å². The largest absolute Gasteiger partial charge is 0.516 e. The number of carbonyl (C=O) groups is 2. The van der Waals surface area contributed by atoms with Crippen LogP contribution < -0.4 is 11.1 Å². The van der Waals surface area contributed by atoms with Crippen LogP contribution >= 0.6 is 0 Å². The molecule has 0 radical (unpaired) electrons. The van der Waals surface area contributed by atoms with E-state index in [2.05, 4.69) is 15.0 Å². The molecule has 2 rings (SSSR count). The third-order valence-electron chi connectivity index (χ3n) is 2.75. The number of allylic oxidation sites excluding steroid dienone is 1. The lowest BCUT2D eigenvalue weighted by Crippen LogP contribution is -2.30. The molecular weight excluding hydrogens is 286 g/mol. The van der Waals surface area contributed by atoms with Crippen molar-refractivity contribution in [1.29, 1.82) is 0 Å². The highest BCUT2D eigenvalue weighted by Crippen LogP contribution is 2.19. The minimum absolute atomic E-state index is 0.123. The van der Waals surface area contributed by atoms with E-state index in [9.17, 15) is 9.59 Å². The zero-order valence-electron chi connectivity index (χ0n) is 12.3. The lowest BCUT2D eigenvalue weighted by atomic mass is 10.1. The molecule has 0 saturated carbocycles. The Morgan fingerprint density at radius 3 is 2.59 bits per heavy atom. The molecule has 116 valence electrons. The Morgan fingerprint density at radius 2 is 1.95 bits per heavy atom. The number of rotatable bonds is 3. The molecule has 0 saturated heterocycles. The quantitative estimate of drug-likeness (QED) is 0.502. The first kappa shape index (κ1) is 15.6. The maximum absolute atomic E-state index is 11.9. The van der Waals surface area contributed by atoms with Crippen molar-refractivity contribution in [3.05, 3.63) is 41.6 Å². The fourth-order valence-electron chi connectivity index (χ4n) is 1.76. The summed E-state index contributed by atoms with van der Waals surface area (Å²) in [6, 6.07) is 7.07. The summed E-state index contributed by atoms with van der Waals surface area (Å²) < 4.78 is 9.34. The second-order valence-electron chi connectivity index (χ2n) is 4.90. The number of nitrogens with zero attached hydrogens (tertiary/aromatic N) is 1. The molecule has 7 nitrogen and oxygen atoms in total. The molecule has 0 amide bonds. The van der Waals surface area contributed by atoms with Crippen LogP contribution in [-0.4, -0.2) is 24.4 Å². The molecule has 7 heteroatoms. The predicted molar refractivity (Wildman–Crippen MR) is 81.0 cm³/mol. The monoisotopic (exact) mass is 303 g/mol. The number of nitrogens with one attached hydrogen (secondary N) is 1. The standard InChI is InChI=1S/C15H17N3O4/c1-9(2)21-15(20)22-14(19)12-7-8-17-13(18-12)10-3-5-11(16)6-4-10/h3-9,13,18H,16H2,1-2H3. The maximum Gasteiger partial charge on any atom is 0.516 e. The average Bonchev–Trinajstić information content (AvgIpc) is 2.47. The van der Waals surface area contributed by atoms with E-state index in [-0.39, 0.29) is 11.8 Å². The Kier molecular flexibility index (Phi) is 4.77. The van der Waals surface area contributed by atoms with Crippen molar-refractivity contribution in [3.63, 3.8) is 0 Å². The number of esters is 1. The zero-order chi connectivity index (χ0) is 16.1. The Hall–Kier alpha value is -2.83. The normalized spacial score (nSPS) is 16.7. The van der Waals surface area contributed by atoms with Crippen LogP contribution in [-0.2, 0) is 14.3 Å². The van der Waals surface area contributed by atoms with Crippen molar-refractivity contribution in [2.24, 2.45) is 4.99 Å². The van der Waals surface area contributed by atoms with Crippen LogP contribution in [0.5, 0.6) is 0 Å². The minimum Gasteiger partial charge on any atom is -0.431 e. The Balaban J connectivity index is 2.00. The molecule has 0 bridgehead atoms. The highest BCUT2D eigenvalue weighted by Gasteiger charge is 2.22. The van der Waals surface area contributed by atoms with Crippen molar-refractivity contribution >= 4 is 24.0 Å². The van der Waals surface area contributed by atoms with Gasteiger partial charge in [-0.3, -0.25) is 4.99 Å². The van der Waals surface area contributed by atoms with Gasteiger partial charge in [-0.15, -0.1) is 0 Å². The van der Waals surface area contributed by atoms with E-state index in [0.717, 1.165) is 5.56 Å². The summed E-state index contributed by atoms with van der Waals surface area (Å²) in [5.41, 5.74) is 7.22. The van der Waals surface area contributed by atoms with E-state index in [4.69, 9.17) is 10.5 Å². The fourth-order valence-corrected chi connectivity index (χ4v) is 1.76. The van der Waals surface area contributed by atoms with Gasteiger partial charge < -0.3 is 20.5 Å². The SMILES string of the molecule is CC(C)OC(=O)OC(=O)C1=CC=NC(c2ccc(N)cc2)N1. The predicted octanol–water partition coefficient (Wildman–Crippen LogP) is 1.91. The lowest BCUT2D eigenvalue weighted by molar-refractivity contribution is -0.136. The Morgan fingerprint density at radius 1 is 1.27 bits per heavy atom. The van der Waals surface area contributed by atoms with E-state index in [1.165, 1.54) is 12.3 Å². The van der Waals surface area contributed by atoms with E-state index < -0.39 is 18.3 Å². The summed E-state index contributed by atoms with van der Waals surface area (Å²) in [6.45, 7) is 3.32. The number of benzene rings is 1. The van der Waals surface area contributed by atoms with E-state index in [1.807, 2.05) is 0 Å². The molecule has 1 atom stereocenters. The summed E-state index contributed by atoms with van der Waals surface area (Å²) in [5, 5.41) is 2.89. The van der Waals surface area contributed by atoms with Gasteiger partial charge in [0.05, 0.1) is 6.10 Å². The van der Waals surface area contributed by atoms with Crippen molar-refractivity contribution in [2.45, 2.75) is 26.1 Å². The summed E-state index contributed by atoms with van der Waals surface area (Å²) in [7, 11) is 0. The molecule has 0 aliphatic carbocycles. The van der Waals surface area contributed by atoms with Crippen LogP contribution in [0.2, 0.25) is 0 Å². The molecular formula is C15H17N3O4. The summed E-state index contributed by atoms with van der Waals surface area (Å²) in [6.07, 6.45) is 1.06. The van der Waals surface area contributed by atoms with Crippen LogP contribution in [0.1, 0.15) is 25.6 Å². The molecule has 0 spiro atoms. The van der Waals surface area contributed by atoms with Gasteiger partial charge in [-0.25, -0.2) is 9.59 Å². The molecule has 0 fully saturated rings. The first-order valence-corrected chi connectivity index (χ1v) is 6.74. The van der Waals surface area contributed by atoms with Gasteiger partial charge in [0, 0.05) is 11.9 Å². The maximum atomic E-state index is 11.9. The van der Waals surface area contributed by atoms with Crippen LogP contribution in [0.3, 0.4) is 0 Å². The second kappa shape index (κ2) is 6.75. The molecule has 1 unspecified atom stereocenters. The number of nitrogens with two attached hydrogens (primary N) is 1. The van der Waals surface area contributed by atoms with Gasteiger partial charge in [-0.1, -0.05) is 12.1 Å². The van der Waals surface area contributed by atoms with E-state index >= 15 is 0 Å². The number of nitrogen functional groups attached to an aromatic ring is 1. The summed E-state index contributed by atoms with van der Waals surface area (Å²) >= 11 is 0. The zero-order valence-corrected chi connectivity index (χ0v) is 12.3. The first-order chi connectivity index (χ1) is 10.5. The van der Waals surface area contributed by atoms with Crippen molar-refractivity contribution in [2.75, 3.05) is 5.73 Å². The number of hydrogen-bond donors (Lipinski definition) is 2. The van der Waals surface area contributed by atoms with Crippen LogP contribution in [0.15, 0.2) is 41.0 Å². The fraction of sp³-hybridized carbons (Fsp3) is 0.267. The number of carbonyl (C=O) groups excluding carboxylic acids is 2. The van der Waals surface area contributed by atoms with Gasteiger partial charge in [0.25, 0.3) is 0 Å². The second-order valence-corrected chi connectivity index (χ2v) is 4.90. The number of anilines is 1. The summed E-state index contributed by atoms with van der Waals surface area (Å²) in [4.78, 5) is 27.4. The lowest BCUT2D eigenvalue weighted by Gasteiger charge is -2.20. The topological polar surface area (TPSA) is 103 Å². The molecule has 1 aliphatic heterocycles. The molecule has 1 heterocycles. The molecule has 1 aromatic carbocycles. The number of aliphatic imine (C=N–C) groups is 1. The van der Waals surface area contributed by atoms with Gasteiger partial charge in [0.15, 0.2) is 0 Å². The van der Waals surface area contributed by atoms with Crippen LogP contribution in [0, 0.1) is 0 Å². The molecule has 1 aliphatic rings. The highest BCUT2D eigenvalue weighted by atomic mass is 16.7. The van der Waals surface area contributed by atoms with Gasteiger partial charge in [-0.05, 0) is 37.6 Å². The van der Waals surface area contributed by atoms with Crippen LogP contribution in [0.4, 0.5) is 10.5 Å². The van der Waals surface area contributed by atoms with E-state index in [0.29, 0.717) is 5.69 Å². The van der Waals surface area contributed by atoms with Gasteiger partial charge in [-0.2, -0.15) is 0 Å². The minimum atomic E-state index is -1.03. The highest BCUT2D eigenvalue weighted by molar-refractivity contribution is 5.98. The van der Waals surface area contributed by atoms with Crippen molar-refractivity contribution in [3.8, 4) is 0 Å². The van der Waals surface area contributed by atoms with Crippen molar-refractivity contribution < 1.29 is 19.1 Å². The Bertz CT molecular complexity index is 620. The van der Waals surface area contributed by atoms with Gasteiger partial charge in [0.1, 0.15) is 11.9 Å². The number of hydrogen-bond acceptors (Lipinski definition) is 7. The third-order valence-corrected chi connectivity index (χ3v) is 2.75. The molecule has 1 aromatic rings. The van der Waals surface area contributed by atoms with Gasteiger partial charge >= 0.3 is 12.1 Å². The van der Waals surface area contributed by atoms with Gasteiger partial charge in [0.2, 0.25) is 0 Å². The molecule has 22 heavy (non-hydrogen) atoms. The first-order valence-electron chi connectivity index (χ1n) is 6.74.